The van der Waals surface area contributed by atoms with Gasteiger partial charge in [-0.15, -0.1) is 0 Å². The number of phenols is 1. The maximum atomic E-state index is 12.9. The highest BCUT2D eigenvalue weighted by Crippen LogP contribution is 2.25. The predicted molar refractivity (Wildman–Crippen MR) is 81.0 cm³/mol. The second-order valence-electron chi connectivity index (χ2n) is 4.01. The van der Waals surface area contributed by atoms with Crippen LogP contribution in [0.25, 0.3) is 11.1 Å². The minimum absolute atomic E-state index is 0.0374. The van der Waals surface area contributed by atoms with Crippen LogP contribution >= 0.6 is 12.2 Å². The van der Waals surface area contributed by atoms with Crippen LogP contribution in [0.4, 0.5) is 4.39 Å². The van der Waals surface area contributed by atoms with Crippen molar-refractivity contribution in [2.75, 3.05) is 0 Å². The number of hydrazone groups is 1. The summed E-state index contributed by atoms with van der Waals surface area (Å²) < 4.78 is 12.9. The molecule has 4 N–H and O–H groups in total. The van der Waals surface area contributed by atoms with Gasteiger partial charge in [-0.05, 0) is 47.6 Å². The van der Waals surface area contributed by atoms with Crippen LogP contribution in [0.1, 0.15) is 5.56 Å². The molecular weight excluding hydrogens is 277 g/mol. The number of nitrogens with two attached hydrogens (primary N) is 1. The number of benzene rings is 2. The van der Waals surface area contributed by atoms with Crippen LogP contribution in [-0.4, -0.2) is 16.4 Å². The Morgan fingerprint density at radius 3 is 2.50 bits per heavy atom. The predicted octanol–water partition coefficient (Wildman–Crippen LogP) is 2.37. The van der Waals surface area contributed by atoms with Gasteiger partial charge in [-0.25, -0.2) is 4.39 Å². The van der Waals surface area contributed by atoms with Gasteiger partial charge in [-0.3, -0.25) is 5.43 Å². The van der Waals surface area contributed by atoms with Crippen LogP contribution in [0.2, 0.25) is 0 Å². The zero-order valence-corrected chi connectivity index (χ0v) is 11.2. The molecule has 6 heteroatoms. The van der Waals surface area contributed by atoms with E-state index in [0.29, 0.717) is 5.56 Å². The van der Waals surface area contributed by atoms with Crippen molar-refractivity contribution in [3.05, 3.63) is 53.8 Å². The molecule has 0 aromatic heterocycles. The summed E-state index contributed by atoms with van der Waals surface area (Å²) in [5, 5.41) is 13.6. The minimum Gasteiger partial charge on any atom is -0.507 e. The average Bonchev–Trinajstić information content (AvgIpc) is 2.41. The van der Waals surface area contributed by atoms with Crippen molar-refractivity contribution >= 4 is 23.5 Å². The summed E-state index contributed by atoms with van der Waals surface area (Å²) in [6.45, 7) is 0. The van der Waals surface area contributed by atoms with E-state index in [9.17, 15) is 9.50 Å². The third-order valence-corrected chi connectivity index (χ3v) is 2.67. The molecule has 0 atom stereocenters. The Bertz CT molecular complexity index is 656. The molecule has 4 nitrogen and oxygen atoms in total. The minimum atomic E-state index is -0.296. The molecule has 20 heavy (non-hydrogen) atoms. The number of nitrogens with one attached hydrogen (secondary N) is 1. The monoisotopic (exact) mass is 289 g/mol. The van der Waals surface area contributed by atoms with Crippen LogP contribution in [-0.2, 0) is 0 Å². The third-order valence-electron chi connectivity index (χ3n) is 2.58. The van der Waals surface area contributed by atoms with Gasteiger partial charge in [0.1, 0.15) is 11.6 Å². The number of halogens is 1. The van der Waals surface area contributed by atoms with Gasteiger partial charge in [0.05, 0.1) is 6.21 Å². The fraction of sp³-hybridized carbons (Fsp3) is 0. The lowest BCUT2D eigenvalue weighted by molar-refractivity contribution is 0.474. The molecule has 0 radical (unpaired) electrons. The lowest BCUT2D eigenvalue weighted by Gasteiger charge is -2.05. The van der Waals surface area contributed by atoms with E-state index in [1.54, 1.807) is 30.3 Å². The van der Waals surface area contributed by atoms with Gasteiger partial charge in [0.2, 0.25) is 0 Å². The van der Waals surface area contributed by atoms with Crippen molar-refractivity contribution in [1.29, 1.82) is 0 Å². The molecule has 0 aliphatic heterocycles. The fourth-order valence-electron chi connectivity index (χ4n) is 1.65. The molecule has 0 unspecified atom stereocenters. The summed E-state index contributed by atoms with van der Waals surface area (Å²) in [5.74, 6) is -0.223. The molecular formula is C14H12FN3OS. The molecule has 0 aliphatic carbocycles. The molecule has 2 aromatic carbocycles. The standard InChI is InChI=1S/C14H12FN3OS/c15-12-4-1-9(2-5-12)10-3-6-13(19)11(7-10)8-17-18-14(16)20/h1-8,19H,(H3,16,18,20)/b17-8+. The van der Waals surface area contributed by atoms with E-state index < -0.39 is 0 Å². The number of thiocarbonyl (C=S) groups is 1. The highest BCUT2D eigenvalue weighted by molar-refractivity contribution is 7.80. The van der Waals surface area contributed by atoms with Crippen molar-refractivity contribution in [3.63, 3.8) is 0 Å². The van der Waals surface area contributed by atoms with Crippen LogP contribution in [0.3, 0.4) is 0 Å². The second-order valence-corrected chi connectivity index (χ2v) is 4.45. The number of hydrogen-bond acceptors (Lipinski definition) is 3. The van der Waals surface area contributed by atoms with Crippen LogP contribution in [0.5, 0.6) is 5.75 Å². The van der Waals surface area contributed by atoms with Crippen molar-refractivity contribution in [3.8, 4) is 16.9 Å². The quantitative estimate of drug-likeness (QED) is 0.461. The normalized spacial score (nSPS) is 10.7. The van der Waals surface area contributed by atoms with Gasteiger partial charge in [0.25, 0.3) is 0 Å². The SMILES string of the molecule is NC(=S)N/N=C/c1cc(-c2ccc(F)cc2)ccc1O. The van der Waals surface area contributed by atoms with E-state index in [2.05, 4.69) is 22.7 Å². The summed E-state index contributed by atoms with van der Waals surface area (Å²) in [6, 6.07) is 11.1. The van der Waals surface area contributed by atoms with Gasteiger partial charge in [-0.1, -0.05) is 18.2 Å². The number of aromatic hydroxyl groups is 1. The Kier molecular flexibility index (Phi) is 4.27. The van der Waals surface area contributed by atoms with Crippen molar-refractivity contribution in [1.82, 2.24) is 5.43 Å². The zero-order valence-electron chi connectivity index (χ0n) is 10.4. The first-order chi connectivity index (χ1) is 9.56. The van der Waals surface area contributed by atoms with E-state index >= 15 is 0 Å². The fourth-order valence-corrected chi connectivity index (χ4v) is 1.70. The van der Waals surface area contributed by atoms with Crippen LogP contribution < -0.4 is 11.2 Å². The number of hydrogen-bond donors (Lipinski definition) is 3. The number of rotatable bonds is 3. The molecule has 0 saturated heterocycles. The van der Waals surface area contributed by atoms with Gasteiger partial charge in [0, 0.05) is 5.56 Å². The summed E-state index contributed by atoms with van der Waals surface area (Å²) in [5.41, 5.74) is 9.81. The molecule has 0 heterocycles. The van der Waals surface area contributed by atoms with Crippen molar-refractivity contribution in [2.45, 2.75) is 0 Å². The van der Waals surface area contributed by atoms with Gasteiger partial charge < -0.3 is 10.8 Å². The van der Waals surface area contributed by atoms with Crippen molar-refractivity contribution < 1.29 is 9.50 Å². The third kappa shape index (κ3) is 3.52. The van der Waals surface area contributed by atoms with E-state index in [1.165, 1.54) is 18.3 Å². The summed E-state index contributed by atoms with van der Waals surface area (Å²) >= 11 is 4.61. The Morgan fingerprint density at radius 2 is 1.85 bits per heavy atom. The molecule has 0 fully saturated rings. The first kappa shape index (κ1) is 14.0. The molecule has 0 bridgehead atoms. The highest BCUT2D eigenvalue weighted by Gasteiger charge is 2.03. The Hall–Kier alpha value is -2.47. The lowest BCUT2D eigenvalue weighted by atomic mass is 10.0. The smallest absolute Gasteiger partial charge is 0.184 e. The van der Waals surface area contributed by atoms with Gasteiger partial charge in [0.15, 0.2) is 5.11 Å². The van der Waals surface area contributed by atoms with E-state index in [1.807, 2.05) is 0 Å². The number of nitrogens with zero attached hydrogens (tertiary/aromatic N) is 1. The lowest BCUT2D eigenvalue weighted by Crippen LogP contribution is -2.23. The highest BCUT2D eigenvalue weighted by atomic mass is 32.1. The topological polar surface area (TPSA) is 70.6 Å². The zero-order chi connectivity index (χ0) is 14.5. The summed E-state index contributed by atoms with van der Waals surface area (Å²) in [4.78, 5) is 0. The second kappa shape index (κ2) is 6.12. The average molecular weight is 289 g/mol. The molecule has 0 aliphatic rings. The molecule has 2 rings (SSSR count). The van der Waals surface area contributed by atoms with E-state index in [-0.39, 0.29) is 16.7 Å². The van der Waals surface area contributed by atoms with E-state index in [0.717, 1.165) is 11.1 Å². The van der Waals surface area contributed by atoms with Crippen molar-refractivity contribution in [2.24, 2.45) is 10.8 Å². The summed E-state index contributed by atoms with van der Waals surface area (Å²) in [7, 11) is 0. The van der Waals surface area contributed by atoms with Gasteiger partial charge >= 0.3 is 0 Å². The van der Waals surface area contributed by atoms with E-state index in [4.69, 9.17) is 5.73 Å². The summed E-state index contributed by atoms with van der Waals surface area (Å²) in [6.07, 6.45) is 1.40. The molecule has 0 amide bonds. The van der Waals surface area contributed by atoms with Crippen LogP contribution in [0.15, 0.2) is 47.6 Å². The first-order valence-corrected chi connectivity index (χ1v) is 6.14. The first-order valence-electron chi connectivity index (χ1n) is 5.74. The molecule has 0 saturated carbocycles. The van der Waals surface area contributed by atoms with Gasteiger partial charge in [-0.2, -0.15) is 5.10 Å². The Morgan fingerprint density at radius 1 is 1.20 bits per heavy atom. The number of phenolic OH excluding ortho intramolecular Hbond substituents is 1. The molecule has 102 valence electrons. The Balaban J connectivity index is 2.30. The molecule has 2 aromatic rings. The molecule has 0 spiro atoms. The maximum Gasteiger partial charge on any atom is 0.184 e. The Labute approximate surface area is 120 Å². The van der Waals surface area contributed by atoms with Crippen LogP contribution in [0, 0.1) is 5.82 Å². The largest absolute Gasteiger partial charge is 0.507 e. The maximum absolute atomic E-state index is 12.9.